The molecule has 1 fully saturated rings. The summed E-state index contributed by atoms with van der Waals surface area (Å²) in [5, 5.41) is 3.63. The topological polar surface area (TPSA) is 27.8 Å². The molecule has 20 heavy (non-hydrogen) atoms. The van der Waals surface area contributed by atoms with Crippen LogP contribution in [0.15, 0.2) is 42.7 Å². The van der Waals surface area contributed by atoms with E-state index >= 15 is 0 Å². The van der Waals surface area contributed by atoms with Gasteiger partial charge in [-0.15, -0.1) is 0 Å². The van der Waals surface area contributed by atoms with E-state index in [4.69, 9.17) is 0 Å². The number of nitrogens with one attached hydrogen (secondary N) is 2. The van der Waals surface area contributed by atoms with Crippen LogP contribution in [0.2, 0.25) is 0 Å². The van der Waals surface area contributed by atoms with E-state index in [0.29, 0.717) is 5.41 Å². The zero-order chi connectivity index (χ0) is 13.4. The lowest BCUT2D eigenvalue weighted by Gasteiger charge is -2.26. The molecule has 0 aliphatic heterocycles. The molecule has 2 atom stereocenters. The van der Waals surface area contributed by atoms with Crippen LogP contribution in [0.25, 0.3) is 0 Å². The lowest BCUT2D eigenvalue weighted by Crippen LogP contribution is -2.24. The Morgan fingerprint density at radius 1 is 1.25 bits per heavy atom. The molecule has 2 aliphatic carbocycles. The van der Waals surface area contributed by atoms with Crippen molar-refractivity contribution >= 4 is 0 Å². The van der Waals surface area contributed by atoms with Crippen molar-refractivity contribution in [1.82, 2.24) is 10.3 Å². The van der Waals surface area contributed by atoms with Crippen molar-refractivity contribution in [2.75, 3.05) is 6.54 Å². The number of H-pyrrole nitrogens is 1. The van der Waals surface area contributed by atoms with Crippen molar-refractivity contribution in [3.63, 3.8) is 0 Å². The second-order valence-corrected chi connectivity index (χ2v) is 6.42. The molecule has 1 aromatic heterocycles. The smallest absolute Gasteiger partial charge is 0.0220 e. The number of aromatic amines is 1. The molecular weight excluding hydrogens is 244 g/mol. The minimum absolute atomic E-state index is 0.514. The first-order valence-corrected chi connectivity index (χ1v) is 7.79. The minimum Gasteiger partial charge on any atom is -0.367 e. The van der Waals surface area contributed by atoms with Crippen molar-refractivity contribution in [3.8, 4) is 0 Å². The number of benzene rings is 1. The van der Waals surface area contributed by atoms with Crippen LogP contribution in [-0.4, -0.2) is 11.5 Å². The van der Waals surface area contributed by atoms with Crippen molar-refractivity contribution in [2.45, 2.75) is 37.6 Å². The maximum Gasteiger partial charge on any atom is 0.0220 e. The molecule has 1 aromatic carbocycles. The van der Waals surface area contributed by atoms with Crippen LogP contribution in [-0.2, 0) is 18.4 Å². The summed E-state index contributed by atoms with van der Waals surface area (Å²) in [6, 6.07) is 11.3. The maximum atomic E-state index is 3.63. The lowest BCUT2D eigenvalue weighted by atomic mass is 9.78. The Labute approximate surface area is 120 Å². The number of hydrogen-bond acceptors (Lipinski definition) is 1. The monoisotopic (exact) mass is 266 g/mol. The van der Waals surface area contributed by atoms with Crippen LogP contribution in [0.3, 0.4) is 0 Å². The third-order valence-electron chi connectivity index (χ3n) is 5.24. The molecular formula is C18H22N2. The summed E-state index contributed by atoms with van der Waals surface area (Å²) in [5.74, 6) is 0.836. The van der Waals surface area contributed by atoms with Crippen molar-refractivity contribution < 1.29 is 0 Å². The summed E-state index contributed by atoms with van der Waals surface area (Å²) in [7, 11) is 0. The molecule has 0 amide bonds. The predicted octanol–water partition coefficient (Wildman–Crippen LogP) is 3.40. The zero-order valence-corrected chi connectivity index (χ0v) is 11.9. The minimum atomic E-state index is 0.514. The standard InChI is InChI=1S/C18H22N2/c1-2-6-17-15(4-1)5-3-8-18(17)10-16(18)13-20-12-14-7-9-19-11-14/h1-2,4,6-7,9,11,16,19-20H,3,5,8,10,12-13H2. The Balaban J connectivity index is 1.42. The average Bonchev–Trinajstić information content (AvgIpc) is 2.92. The van der Waals surface area contributed by atoms with Crippen molar-refractivity contribution in [1.29, 1.82) is 0 Å². The van der Waals surface area contributed by atoms with Crippen LogP contribution in [0.1, 0.15) is 36.0 Å². The van der Waals surface area contributed by atoms with Gasteiger partial charge in [-0.3, -0.25) is 0 Å². The summed E-state index contributed by atoms with van der Waals surface area (Å²) in [6.45, 7) is 2.14. The molecule has 1 saturated carbocycles. The third-order valence-corrected chi connectivity index (χ3v) is 5.24. The highest BCUT2D eigenvalue weighted by molar-refractivity contribution is 5.42. The van der Waals surface area contributed by atoms with Gasteiger partial charge in [0.05, 0.1) is 0 Å². The van der Waals surface area contributed by atoms with Crippen molar-refractivity contribution in [2.24, 2.45) is 5.92 Å². The number of aromatic nitrogens is 1. The first-order chi connectivity index (χ1) is 9.88. The zero-order valence-electron chi connectivity index (χ0n) is 11.9. The molecule has 2 heteroatoms. The van der Waals surface area contributed by atoms with E-state index < -0.39 is 0 Å². The van der Waals surface area contributed by atoms with Gasteiger partial charge in [0.1, 0.15) is 0 Å². The molecule has 0 radical (unpaired) electrons. The highest BCUT2D eigenvalue weighted by Gasteiger charge is 2.55. The molecule has 2 N–H and O–H groups in total. The summed E-state index contributed by atoms with van der Waals surface area (Å²) in [4.78, 5) is 3.11. The van der Waals surface area contributed by atoms with Gasteiger partial charge in [0.25, 0.3) is 0 Å². The summed E-state index contributed by atoms with van der Waals surface area (Å²) >= 11 is 0. The first-order valence-electron chi connectivity index (χ1n) is 7.79. The van der Waals surface area contributed by atoms with E-state index in [1.54, 1.807) is 11.1 Å². The highest BCUT2D eigenvalue weighted by Crippen LogP contribution is 2.59. The highest BCUT2D eigenvalue weighted by atomic mass is 14.9. The van der Waals surface area contributed by atoms with Gasteiger partial charge >= 0.3 is 0 Å². The van der Waals surface area contributed by atoms with E-state index in [-0.39, 0.29) is 0 Å². The molecule has 2 nitrogen and oxygen atoms in total. The van der Waals surface area contributed by atoms with Gasteiger partial charge < -0.3 is 10.3 Å². The van der Waals surface area contributed by atoms with Gasteiger partial charge in [0.15, 0.2) is 0 Å². The Hall–Kier alpha value is -1.54. The molecule has 2 aromatic rings. The van der Waals surface area contributed by atoms with E-state index in [2.05, 4.69) is 46.8 Å². The maximum absolute atomic E-state index is 3.63. The fourth-order valence-corrected chi connectivity index (χ4v) is 4.10. The van der Waals surface area contributed by atoms with Gasteiger partial charge in [0.2, 0.25) is 0 Å². The van der Waals surface area contributed by atoms with Gasteiger partial charge in [-0.25, -0.2) is 0 Å². The summed E-state index contributed by atoms with van der Waals surface area (Å²) in [6.07, 6.45) is 9.48. The molecule has 4 rings (SSSR count). The van der Waals surface area contributed by atoms with Gasteiger partial charge in [0, 0.05) is 18.9 Å². The lowest BCUT2D eigenvalue weighted by molar-refractivity contribution is 0.479. The van der Waals surface area contributed by atoms with Crippen LogP contribution in [0.5, 0.6) is 0 Å². The molecule has 104 valence electrons. The third kappa shape index (κ3) is 1.99. The van der Waals surface area contributed by atoms with Gasteiger partial charge in [-0.2, -0.15) is 0 Å². The second kappa shape index (κ2) is 4.78. The molecule has 1 heterocycles. The molecule has 0 saturated heterocycles. The van der Waals surface area contributed by atoms with E-state index in [1.807, 2.05) is 6.20 Å². The first kappa shape index (κ1) is 12.2. The predicted molar refractivity (Wildman–Crippen MR) is 81.7 cm³/mol. The second-order valence-electron chi connectivity index (χ2n) is 6.42. The average molecular weight is 266 g/mol. The van der Waals surface area contributed by atoms with E-state index in [1.165, 1.54) is 31.2 Å². The van der Waals surface area contributed by atoms with Crippen LogP contribution in [0, 0.1) is 5.92 Å². The number of aryl methyl sites for hydroxylation is 1. The number of rotatable bonds is 4. The van der Waals surface area contributed by atoms with Crippen LogP contribution >= 0.6 is 0 Å². The van der Waals surface area contributed by atoms with Crippen molar-refractivity contribution in [3.05, 3.63) is 59.4 Å². The molecule has 1 spiro atoms. The Bertz CT molecular complexity index is 587. The van der Waals surface area contributed by atoms with Gasteiger partial charge in [-0.1, -0.05) is 24.3 Å². The summed E-state index contributed by atoms with van der Waals surface area (Å²) in [5.41, 5.74) is 5.12. The quantitative estimate of drug-likeness (QED) is 0.872. The van der Waals surface area contributed by atoms with Crippen LogP contribution < -0.4 is 5.32 Å². The Morgan fingerprint density at radius 2 is 2.20 bits per heavy atom. The fraction of sp³-hybridized carbons (Fsp3) is 0.444. The Morgan fingerprint density at radius 3 is 3.10 bits per heavy atom. The normalized spacial score (nSPS) is 27.5. The Kier molecular flexibility index (Phi) is 2.92. The van der Waals surface area contributed by atoms with E-state index in [0.717, 1.165) is 19.0 Å². The molecule has 0 bridgehead atoms. The fourth-order valence-electron chi connectivity index (χ4n) is 4.10. The van der Waals surface area contributed by atoms with Crippen LogP contribution in [0.4, 0.5) is 0 Å². The van der Waals surface area contributed by atoms with E-state index in [9.17, 15) is 0 Å². The number of hydrogen-bond donors (Lipinski definition) is 2. The van der Waals surface area contributed by atoms with Gasteiger partial charge in [-0.05, 0) is 66.3 Å². The summed E-state index contributed by atoms with van der Waals surface area (Å²) < 4.78 is 0. The SMILES string of the molecule is c1ccc2c(c1)CCCC21CC1CNCc1cc[nH]c1. The number of fused-ring (bicyclic) bond motifs is 2. The largest absolute Gasteiger partial charge is 0.367 e. The molecule has 2 aliphatic rings. The molecule has 2 unspecified atom stereocenters.